The smallest absolute Gasteiger partial charge is 0.306 e. The van der Waals surface area contributed by atoms with E-state index in [4.69, 9.17) is 0 Å². The van der Waals surface area contributed by atoms with Crippen LogP contribution in [-0.4, -0.2) is 23.3 Å². The highest BCUT2D eigenvalue weighted by atomic mass is 19.1. The Balaban J connectivity index is 1.84. The van der Waals surface area contributed by atoms with Gasteiger partial charge in [0.05, 0.1) is 16.5 Å². The number of nitro groups is 1. The number of nitrogens with zero attached hydrogens (tertiary/aromatic N) is 2. The molecule has 0 aromatic heterocycles. The quantitative estimate of drug-likeness (QED) is 0.520. The Morgan fingerprint density at radius 1 is 1.16 bits per heavy atom. The van der Waals surface area contributed by atoms with Crippen LogP contribution < -0.4 is 10.2 Å². The lowest BCUT2D eigenvalue weighted by Gasteiger charge is -2.21. The van der Waals surface area contributed by atoms with Crippen molar-refractivity contribution in [2.75, 3.05) is 16.8 Å². The topological polar surface area (TPSA) is 92.6 Å². The SMILES string of the molecule is CC(C)c1cccc(C(C)C)c1NC(=O)C1CC(=O)N(c2ccc(F)c([N+](=O)[O-])c2)C1. The van der Waals surface area contributed by atoms with E-state index in [9.17, 15) is 24.1 Å². The minimum absolute atomic E-state index is 0.0160. The van der Waals surface area contributed by atoms with E-state index in [0.29, 0.717) is 0 Å². The maximum atomic E-state index is 13.6. The van der Waals surface area contributed by atoms with Crippen molar-refractivity contribution in [3.8, 4) is 0 Å². The predicted molar refractivity (Wildman–Crippen MR) is 117 cm³/mol. The summed E-state index contributed by atoms with van der Waals surface area (Å²) >= 11 is 0. The van der Waals surface area contributed by atoms with Gasteiger partial charge in [0, 0.05) is 24.7 Å². The Morgan fingerprint density at radius 2 is 1.77 bits per heavy atom. The van der Waals surface area contributed by atoms with Crippen LogP contribution in [0.2, 0.25) is 0 Å². The third-order valence-electron chi connectivity index (χ3n) is 5.56. The number of nitro benzene ring substituents is 1. The fraction of sp³-hybridized carbons (Fsp3) is 0.391. The molecule has 2 aromatic carbocycles. The minimum atomic E-state index is -0.971. The minimum Gasteiger partial charge on any atom is -0.325 e. The number of hydrogen-bond donors (Lipinski definition) is 1. The molecular weight excluding hydrogens is 401 g/mol. The van der Waals surface area contributed by atoms with Crippen LogP contribution >= 0.6 is 0 Å². The molecule has 1 atom stereocenters. The number of anilines is 2. The molecule has 2 amide bonds. The first-order chi connectivity index (χ1) is 14.6. The molecule has 3 rings (SSSR count). The van der Waals surface area contributed by atoms with Gasteiger partial charge in [0.25, 0.3) is 0 Å². The summed E-state index contributed by atoms with van der Waals surface area (Å²) in [6.07, 6.45) is -0.0160. The zero-order valence-electron chi connectivity index (χ0n) is 18.0. The van der Waals surface area contributed by atoms with Crippen LogP contribution in [0.15, 0.2) is 36.4 Å². The monoisotopic (exact) mass is 427 g/mol. The molecule has 2 aromatic rings. The molecule has 1 unspecified atom stereocenters. The molecule has 1 fully saturated rings. The number of amides is 2. The van der Waals surface area contributed by atoms with Gasteiger partial charge in [-0.25, -0.2) is 0 Å². The van der Waals surface area contributed by atoms with Gasteiger partial charge >= 0.3 is 5.69 Å². The first kappa shape index (κ1) is 22.4. The molecule has 0 spiro atoms. The highest BCUT2D eigenvalue weighted by molar-refractivity contribution is 6.04. The number of carbonyl (C=O) groups is 2. The summed E-state index contributed by atoms with van der Waals surface area (Å²) in [7, 11) is 0. The average Bonchev–Trinajstić information content (AvgIpc) is 3.09. The predicted octanol–water partition coefficient (Wildman–Crippen LogP) is 4.97. The molecule has 0 aliphatic carbocycles. The molecule has 31 heavy (non-hydrogen) atoms. The van der Waals surface area contributed by atoms with Crippen LogP contribution in [0, 0.1) is 21.8 Å². The van der Waals surface area contributed by atoms with Crippen LogP contribution in [0.4, 0.5) is 21.5 Å². The third-order valence-corrected chi connectivity index (χ3v) is 5.56. The summed E-state index contributed by atoms with van der Waals surface area (Å²) in [5, 5.41) is 14.0. The standard InChI is InChI=1S/C23H26FN3O4/c1-13(2)17-6-5-7-18(14(3)4)22(17)25-23(29)15-10-21(28)26(12-15)16-8-9-19(24)20(11-16)27(30)31/h5-9,11,13-15H,10,12H2,1-4H3,(H,25,29). The summed E-state index contributed by atoms with van der Waals surface area (Å²) in [6, 6.07) is 9.24. The number of para-hydroxylation sites is 1. The van der Waals surface area contributed by atoms with Gasteiger partial charge in [-0.2, -0.15) is 4.39 Å². The fourth-order valence-corrected chi connectivity index (χ4v) is 3.86. The van der Waals surface area contributed by atoms with Gasteiger partial charge in [0.15, 0.2) is 0 Å². The second-order valence-corrected chi connectivity index (χ2v) is 8.41. The Bertz CT molecular complexity index is 1010. The maximum Gasteiger partial charge on any atom is 0.306 e. The molecular formula is C23H26FN3O4. The van der Waals surface area contributed by atoms with Gasteiger partial charge in [-0.05, 0) is 35.1 Å². The number of nitrogens with one attached hydrogen (secondary N) is 1. The highest BCUT2D eigenvalue weighted by Gasteiger charge is 2.36. The first-order valence-corrected chi connectivity index (χ1v) is 10.3. The van der Waals surface area contributed by atoms with Crippen molar-refractivity contribution < 1.29 is 18.9 Å². The normalized spacial score (nSPS) is 16.3. The Hall–Kier alpha value is -3.29. The van der Waals surface area contributed by atoms with Gasteiger partial charge in [-0.1, -0.05) is 45.9 Å². The second-order valence-electron chi connectivity index (χ2n) is 8.41. The number of rotatable bonds is 6. The molecule has 7 nitrogen and oxygen atoms in total. The van der Waals surface area contributed by atoms with Gasteiger partial charge < -0.3 is 10.2 Å². The molecule has 0 bridgehead atoms. The van der Waals surface area contributed by atoms with Crippen LogP contribution in [0.1, 0.15) is 57.1 Å². The van der Waals surface area contributed by atoms with Gasteiger partial charge in [-0.15, -0.1) is 0 Å². The van der Waals surface area contributed by atoms with E-state index in [1.165, 1.54) is 11.0 Å². The molecule has 0 saturated carbocycles. The van der Waals surface area contributed by atoms with Crippen molar-refractivity contribution in [1.29, 1.82) is 0 Å². The van der Waals surface area contributed by atoms with Crippen molar-refractivity contribution in [3.05, 3.63) is 63.5 Å². The lowest BCUT2D eigenvalue weighted by atomic mass is 9.92. The van der Waals surface area contributed by atoms with Crippen molar-refractivity contribution >= 4 is 28.9 Å². The Morgan fingerprint density at radius 3 is 2.32 bits per heavy atom. The summed E-state index contributed by atoms with van der Waals surface area (Å²) in [6.45, 7) is 8.29. The van der Waals surface area contributed by atoms with Gasteiger partial charge in [-0.3, -0.25) is 19.7 Å². The lowest BCUT2D eigenvalue weighted by molar-refractivity contribution is -0.387. The van der Waals surface area contributed by atoms with Crippen LogP contribution in [0.5, 0.6) is 0 Å². The molecule has 1 saturated heterocycles. The van der Waals surface area contributed by atoms with Crippen LogP contribution in [0.25, 0.3) is 0 Å². The summed E-state index contributed by atoms with van der Waals surface area (Å²) in [5.41, 5.74) is 2.33. The van der Waals surface area contributed by atoms with E-state index in [1.807, 2.05) is 18.2 Å². The van der Waals surface area contributed by atoms with E-state index in [0.717, 1.165) is 28.9 Å². The van der Waals surface area contributed by atoms with Crippen molar-refractivity contribution in [2.45, 2.75) is 46.0 Å². The lowest BCUT2D eigenvalue weighted by Crippen LogP contribution is -2.28. The zero-order valence-corrected chi connectivity index (χ0v) is 18.0. The molecule has 164 valence electrons. The van der Waals surface area contributed by atoms with Crippen molar-refractivity contribution in [2.24, 2.45) is 5.92 Å². The largest absolute Gasteiger partial charge is 0.325 e. The molecule has 8 heteroatoms. The van der Waals surface area contributed by atoms with E-state index in [1.54, 1.807) is 0 Å². The van der Waals surface area contributed by atoms with Gasteiger partial charge in [0.1, 0.15) is 0 Å². The molecule has 1 aliphatic heterocycles. The van der Waals surface area contributed by atoms with Crippen molar-refractivity contribution in [3.63, 3.8) is 0 Å². The summed E-state index contributed by atoms with van der Waals surface area (Å²) < 4.78 is 13.6. The first-order valence-electron chi connectivity index (χ1n) is 10.3. The number of carbonyl (C=O) groups excluding carboxylic acids is 2. The number of hydrogen-bond acceptors (Lipinski definition) is 4. The van der Waals surface area contributed by atoms with E-state index in [-0.39, 0.29) is 42.3 Å². The van der Waals surface area contributed by atoms with E-state index in [2.05, 4.69) is 33.0 Å². The maximum absolute atomic E-state index is 13.6. The average molecular weight is 427 g/mol. The highest BCUT2D eigenvalue weighted by Crippen LogP contribution is 2.34. The summed E-state index contributed by atoms with van der Waals surface area (Å²) in [5.74, 6) is -1.78. The molecule has 1 aliphatic rings. The van der Waals surface area contributed by atoms with Crippen molar-refractivity contribution in [1.82, 2.24) is 0 Å². The Kier molecular flexibility index (Phi) is 6.38. The second kappa shape index (κ2) is 8.83. The van der Waals surface area contributed by atoms with E-state index < -0.39 is 22.3 Å². The molecule has 1 N–H and O–H groups in total. The van der Waals surface area contributed by atoms with Crippen LogP contribution in [-0.2, 0) is 9.59 Å². The Labute approximate surface area is 180 Å². The van der Waals surface area contributed by atoms with E-state index >= 15 is 0 Å². The summed E-state index contributed by atoms with van der Waals surface area (Å²) in [4.78, 5) is 37.1. The van der Waals surface area contributed by atoms with Gasteiger partial charge in [0.2, 0.25) is 17.6 Å². The zero-order chi connectivity index (χ0) is 22.9. The fourth-order valence-electron chi connectivity index (χ4n) is 3.86. The number of halogens is 1. The third kappa shape index (κ3) is 4.57. The number of benzene rings is 2. The molecule has 1 heterocycles. The molecule has 0 radical (unpaired) electrons. The van der Waals surface area contributed by atoms with Crippen LogP contribution in [0.3, 0.4) is 0 Å².